The second-order valence-electron chi connectivity index (χ2n) is 4.27. The average molecular weight is 241 g/mol. The molecule has 6 heteroatoms. The summed E-state index contributed by atoms with van der Waals surface area (Å²) in [4.78, 5) is 17.2. The van der Waals surface area contributed by atoms with Gasteiger partial charge in [-0.3, -0.25) is 9.69 Å². The van der Waals surface area contributed by atoms with E-state index < -0.39 is 0 Å². The van der Waals surface area contributed by atoms with Gasteiger partial charge in [0.25, 0.3) is 0 Å². The number of nitrogens with zero attached hydrogens (tertiary/aromatic N) is 3. The van der Waals surface area contributed by atoms with E-state index in [-0.39, 0.29) is 11.9 Å². The Hall–Kier alpha value is -1.43. The number of rotatable bonds is 6. The number of aromatic nitrogens is 2. The standard InChI is InChI=1S/C11H19N3O3/c1-8(2)11-12-9(13-17-11)7-14(3)6-5-10(15)16-4/h8H,5-7H2,1-4H3. The highest BCUT2D eigenvalue weighted by atomic mass is 16.5. The van der Waals surface area contributed by atoms with Crippen LogP contribution in [0.15, 0.2) is 4.52 Å². The Kier molecular flexibility index (Phi) is 5.09. The Labute approximate surface area is 101 Å². The third kappa shape index (κ3) is 4.52. The van der Waals surface area contributed by atoms with E-state index in [4.69, 9.17) is 4.52 Å². The van der Waals surface area contributed by atoms with Gasteiger partial charge in [0.1, 0.15) is 0 Å². The van der Waals surface area contributed by atoms with Crippen molar-refractivity contribution in [1.29, 1.82) is 0 Å². The minimum atomic E-state index is -0.215. The zero-order valence-corrected chi connectivity index (χ0v) is 10.8. The van der Waals surface area contributed by atoms with Crippen LogP contribution in [0.3, 0.4) is 0 Å². The summed E-state index contributed by atoms with van der Waals surface area (Å²) in [6, 6.07) is 0. The maximum atomic E-state index is 11.0. The number of hydrogen-bond donors (Lipinski definition) is 0. The van der Waals surface area contributed by atoms with Gasteiger partial charge in [0, 0.05) is 12.5 Å². The maximum absolute atomic E-state index is 11.0. The largest absolute Gasteiger partial charge is 0.469 e. The van der Waals surface area contributed by atoms with E-state index in [1.807, 2.05) is 25.8 Å². The fourth-order valence-electron chi connectivity index (χ4n) is 1.27. The molecule has 0 amide bonds. The highest BCUT2D eigenvalue weighted by Crippen LogP contribution is 2.11. The van der Waals surface area contributed by atoms with Crippen molar-refractivity contribution in [2.75, 3.05) is 20.7 Å². The summed E-state index contributed by atoms with van der Waals surface area (Å²) >= 11 is 0. The minimum absolute atomic E-state index is 0.215. The second-order valence-corrected chi connectivity index (χ2v) is 4.27. The van der Waals surface area contributed by atoms with Crippen molar-refractivity contribution in [1.82, 2.24) is 15.0 Å². The molecule has 1 heterocycles. The normalized spacial score (nSPS) is 11.2. The third-order valence-electron chi connectivity index (χ3n) is 2.31. The maximum Gasteiger partial charge on any atom is 0.306 e. The lowest BCUT2D eigenvalue weighted by Gasteiger charge is -2.12. The van der Waals surface area contributed by atoms with Gasteiger partial charge in [-0.2, -0.15) is 4.98 Å². The van der Waals surface area contributed by atoms with E-state index in [1.165, 1.54) is 7.11 Å². The Morgan fingerprint density at radius 1 is 1.53 bits per heavy atom. The molecule has 1 rings (SSSR count). The second kappa shape index (κ2) is 6.34. The molecule has 0 fully saturated rings. The van der Waals surface area contributed by atoms with E-state index in [2.05, 4.69) is 14.9 Å². The molecule has 17 heavy (non-hydrogen) atoms. The molecule has 0 aromatic carbocycles. The predicted octanol–water partition coefficient (Wildman–Crippen LogP) is 1.19. The van der Waals surface area contributed by atoms with Crippen LogP contribution in [0.1, 0.15) is 37.9 Å². The molecule has 0 saturated heterocycles. The number of ether oxygens (including phenoxy) is 1. The summed E-state index contributed by atoms with van der Waals surface area (Å²) in [5.41, 5.74) is 0. The lowest BCUT2D eigenvalue weighted by molar-refractivity contribution is -0.140. The van der Waals surface area contributed by atoms with E-state index in [0.717, 1.165) is 0 Å². The molecule has 0 N–H and O–H groups in total. The van der Waals surface area contributed by atoms with Crippen LogP contribution in [-0.2, 0) is 16.1 Å². The van der Waals surface area contributed by atoms with Gasteiger partial charge in [-0.25, -0.2) is 0 Å². The lowest BCUT2D eigenvalue weighted by Crippen LogP contribution is -2.22. The van der Waals surface area contributed by atoms with Crippen molar-refractivity contribution in [2.24, 2.45) is 0 Å². The van der Waals surface area contributed by atoms with Crippen LogP contribution in [0.2, 0.25) is 0 Å². The first-order valence-corrected chi connectivity index (χ1v) is 5.60. The van der Waals surface area contributed by atoms with Crippen LogP contribution >= 0.6 is 0 Å². The van der Waals surface area contributed by atoms with Crippen LogP contribution in [0.25, 0.3) is 0 Å². The van der Waals surface area contributed by atoms with Crippen LogP contribution in [-0.4, -0.2) is 41.7 Å². The number of esters is 1. The molecule has 1 aromatic rings. The molecule has 6 nitrogen and oxygen atoms in total. The van der Waals surface area contributed by atoms with Gasteiger partial charge in [-0.05, 0) is 7.05 Å². The van der Waals surface area contributed by atoms with Crippen LogP contribution < -0.4 is 0 Å². The zero-order valence-electron chi connectivity index (χ0n) is 10.8. The summed E-state index contributed by atoms with van der Waals surface area (Å²) in [5, 5.41) is 3.88. The Morgan fingerprint density at radius 3 is 2.76 bits per heavy atom. The Balaban J connectivity index is 2.39. The van der Waals surface area contributed by atoms with Crippen molar-refractivity contribution in [3.8, 4) is 0 Å². The molecule has 0 aliphatic carbocycles. The molecule has 0 spiro atoms. The first-order chi connectivity index (χ1) is 8.02. The summed E-state index contributed by atoms with van der Waals surface area (Å²) in [5.74, 6) is 1.30. The van der Waals surface area contributed by atoms with Gasteiger partial charge in [-0.1, -0.05) is 19.0 Å². The number of hydrogen-bond acceptors (Lipinski definition) is 6. The SMILES string of the molecule is COC(=O)CCN(C)Cc1noc(C(C)C)n1. The zero-order chi connectivity index (χ0) is 12.8. The lowest BCUT2D eigenvalue weighted by atomic mass is 10.2. The van der Waals surface area contributed by atoms with Crippen LogP contribution in [0.4, 0.5) is 0 Å². The molecule has 0 bridgehead atoms. The molecule has 0 aliphatic heterocycles. The fraction of sp³-hybridized carbons (Fsp3) is 0.727. The van der Waals surface area contributed by atoms with Crippen molar-refractivity contribution < 1.29 is 14.1 Å². The number of carbonyl (C=O) groups is 1. The Morgan fingerprint density at radius 2 is 2.24 bits per heavy atom. The van der Waals surface area contributed by atoms with Crippen LogP contribution in [0.5, 0.6) is 0 Å². The molecule has 1 aromatic heterocycles. The summed E-state index contributed by atoms with van der Waals surface area (Å²) < 4.78 is 9.67. The van der Waals surface area contributed by atoms with Crippen molar-refractivity contribution in [2.45, 2.75) is 32.7 Å². The van der Waals surface area contributed by atoms with Gasteiger partial charge >= 0.3 is 5.97 Å². The molecule has 0 atom stereocenters. The quantitative estimate of drug-likeness (QED) is 0.697. The molecule has 0 unspecified atom stereocenters. The van der Waals surface area contributed by atoms with Crippen LogP contribution in [0, 0.1) is 0 Å². The van der Waals surface area contributed by atoms with Gasteiger partial charge in [0.05, 0.1) is 20.1 Å². The molecule has 0 saturated carbocycles. The van der Waals surface area contributed by atoms with E-state index in [1.54, 1.807) is 0 Å². The summed E-state index contributed by atoms with van der Waals surface area (Å²) in [7, 11) is 3.28. The van der Waals surface area contributed by atoms with Crippen molar-refractivity contribution in [3.05, 3.63) is 11.7 Å². The molecule has 0 radical (unpaired) electrons. The Bertz CT molecular complexity index is 363. The average Bonchev–Trinajstić information content (AvgIpc) is 2.74. The molecular formula is C11H19N3O3. The fourth-order valence-corrected chi connectivity index (χ4v) is 1.27. The van der Waals surface area contributed by atoms with E-state index >= 15 is 0 Å². The van der Waals surface area contributed by atoms with Crippen molar-refractivity contribution >= 4 is 5.97 Å². The third-order valence-corrected chi connectivity index (χ3v) is 2.31. The van der Waals surface area contributed by atoms with Crippen molar-refractivity contribution in [3.63, 3.8) is 0 Å². The highest BCUT2D eigenvalue weighted by Gasteiger charge is 2.12. The molecule has 96 valence electrons. The number of methoxy groups -OCH3 is 1. The number of carbonyl (C=O) groups excluding carboxylic acids is 1. The van der Waals surface area contributed by atoms with E-state index in [9.17, 15) is 4.79 Å². The first-order valence-electron chi connectivity index (χ1n) is 5.60. The van der Waals surface area contributed by atoms with Gasteiger partial charge in [0.15, 0.2) is 5.82 Å². The summed E-state index contributed by atoms with van der Waals surface area (Å²) in [6.07, 6.45) is 0.363. The van der Waals surface area contributed by atoms with E-state index in [0.29, 0.717) is 31.2 Å². The minimum Gasteiger partial charge on any atom is -0.469 e. The van der Waals surface area contributed by atoms with Gasteiger partial charge < -0.3 is 9.26 Å². The van der Waals surface area contributed by atoms with Gasteiger partial charge in [-0.15, -0.1) is 0 Å². The first kappa shape index (κ1) is 13.6. The highest BCUT2D eigenvalue weighted by molar-refractivity contribution is 5.69. The summed E-state index contributed by atoms with van der Waals surface area (Å²) in [6.45, 7) is 5.17. The monoisotopic (exact) mass is 241 g/mol. The molecule has 0 aliphatic rings. The molecular weight excluding hydrogens is 222 g/mol. The topological polar surface area (TPSA) is 68.5 Å². The van der Waals surface area contributed by atoms with Gasteiger partial charge in [0.2, 0.25) is 5.89 Å². The smallest absolute Gasteiger partial charge is 0.306 e. The predicted molar refractivity (Wildman–Crippen MR) is 61.4 cm³/mol.